The fraction of sp³-hybridized carbons (Fsp3) is 0.222. The van der Waals surface area contributed by atoms with Gasteiger partial charge in [0.15, 0.2) is 5.82 Å². The lowest BCUT2D eigenvalue weighted by Gasteiger charge is -2.05. The molecule has 1 aromatic heterocycles. The highest BCUT2D eigenvalue weighted by atomic mass is 19.1. The van der Waals surface area contributed by atoms with Crippen LogP contribution in [0.3, 0.4) is 0 Å². The van der Waals surface area contributed by atoms with Gasteiger partial charge in [-0.05, 0) is 29.6 Å². The monoisotopic (exact) mass is 225 g/mol. The molecule has 0 aliphatic heterocycles. The van der Waals surface area contributed by atoms with Gasteiger partial charge >= 0.3 is 0 Å². The average molecular weight is 225 g/mol. The summed E-state index contributed by atoms with van der Waals surface area (Å²) in [6, 6.07) is 3.13. The first-order valence-corrected chi connectivity index (χ1v) is 4.59. The number of halogens is 2. The van der Waals surface area contributed by atoms with E-state index >= 15 is 0 Å². The summed E-state index contributed by atoms with van der Waals surface area (Å²) >= 11 is 0. The lowest BCUT2D eigenvalue weighted by atomic mass is 10.3. The van der Waals surface area contributed by atoms with Gasteiger partial charge in [0.2, 0.25) is 0 Å². The molecule has 1 aromatic carbocycles. The molecule has 2 aromatic rings. The maximum Gasteiger partial charge on any atom is 0.170 e. The molecule has 0 aliphatic rings. The Kier molecular flexibility index (Phi) is 2.86. The van der Waals surface area contributed by atoms with Crippen LogP contribution in [0.15, 0.2) is 18.2 Å². The quantitative estimate of drug-likeness (QED) is 0.833. The Labute approximate surface area is 90.1 Å². The molecule has 84 valence electrons. The summed E-state index contributed by atoms with van der Waals surface area (Å²) in [6.45, 7) is 0.364. The van der Waals surface area contributed by atoms with Crippen molar-refractivity contribution in [3.63, 3.8) is 0 Å². The first kappa shape index (κ1) is 10.6. The van der Waals surface area contributed by atoms with E-state index < -0.39 is 11.6 Å². The highest BCUT2D eigenvalue weighted by Crippen LogP contribution is 2.14. The summed E-state index contributed by atoms with van der Waals surface area (Å²) in [7, 11) is 1.71. The van der Waals surface area contributed by atoms with Crippen molar-refractivity contribution in [2.45, 2.75) is 6.54 Å². The van der Waals surface area contributed by atoms with Crippen molar-refractivity contribution in [2.24, 2.45) is 0 Å². The Bertz CT molecular complexity index is 496. The van der Waals surface area contributed by atoms with Crippen LogP contribution in [0.25, 0.3) is 5.69 Å². The fourth-order valence-electron chi connectivity index (χ4n) is 1.31. The molecule has 0 aliphatic carbocycles. The van der Waals surface area contributed by atoms with Crippen molar-refractivity contribution in [2.75, 3.05) is 7.05 Å². The van der Waals surface area contributed by atoms with Gasteiger partial charge in [-0.15, -0.1) is 5.10 Å². The summed E-state index contributed by atoms with van der Waals surface area (Å²) in [5.41, 5.74) is -0.00440. The molecular weight excluding hydrogens is 216 g/mol. The molecule has 0 atom stereocenters. The highest BCUT2D eigenvalue weighted by Gasteiger charge is 2.12. The number of nitrogens with one attached hydrogen (secondary N) is 1. The molecule has 16 heavy (non-hydrogen) atoms. The zero-order valence-corrected chi connectivity index (χ0v) is 8.48. The van der Waals surface area contributed by atoms with E-state index in [4.69, 9.17) is 0 Å². The number of aromatic nitrogens is 4. The Morgan fingerprint density at radius 1 is 1.38 bits per heavy atom. The molecule has 0 unspecified atom stereocenters. The zero-order chi connectivity index (χ0) is 11.5. The van der Waals surface area contributed by atoms with E-state index in [2.05, 4.69) is 20.8 Å². The van der Waals surface area contributed by atoms with Gasteiger partial charge in [-0.3, -0.25) is 0 Å². The van der Waals surface area contributed by atoms with Crippen molar-refractivity contribution in [1.82, 2.24) is 25.5 Å². The summed E-state index contributed by atoms with van der Waals surface area (Å²) in [5, 5.41) is 13.6. The molecule has 0 spiro atoms. The van der Waals surface area contributed by atoms with Crippen molar-refractivity contribution >= 4 is 0 Å². The average Bonchev–Trinajstić information content (AvgIpc) is 2.70. The van der Waals surface area contributed by atoms with Crippen molar-refractivity contribution in [3.8, 4) is 5.69 Å². The normalized spacial score (nSPS) is 10.7. The first-order valence-electron chi connectivity index (χ1n) is 4.59. The number of nitrogens with zero attached hydrogens (tertiary/aromatic N) is 4. The predicted octanol–water partition coefficient (Wildman–Crippen LogP) is 0.660. The molecule has 0 radical (unpaired) electrons. The third kappa shape index (κ3) is 1.89. The molecule has 0 saturated heterocycles. The van der Waals surface area contributed by atoms with E-state index in [0.717, 1.165) is 22.9 Å². The minimum Gasteiger partial charge on any atom is -0.313 e. The molecule has 7 heteroatoms. The third-order valence-corrected chi connectivity index (χ3v) is 2.01. The Morgan fingerprint density at radius 3 is 2.94 bits per heavy atom. The molecule has 0 amide bonds. The number of rotatable bonds is 3. The summed E-state index contributed by atoms with van der Waals surface area (Å²) in [4.78, 5) is 0. The lowest BCUT2D eigenvalue weighted by molar-refractivity contribution is 0.578. The largest absolute Gasteiger partial charge is 0.313 e. The van der Waals surface area contributed by atoms with Crippen LogP contribution in [0.4, 0.5) is 8.78 Å². The van der Waals surface area contributed by atoms with E-state index in [0.29, 0.717) is 12.4 Å². The molecule has 0 saturated carbocycles. The van der Waals surface area contributed by atoms with Crippen LogP contribution < -0.4 is 5.32 Å². The first-order chi connectivity index (χ1) is 7.72. The van der Waals surface area contributed by atoms with Crippen LogP contribution in [0, 0.1) is 11.6 Å². The summed E-state index contributed by atoms with van der Waals surface area (Å²) in [6.07, 6.45) is 0. The van der Waals surface area contributed by atoms with Crippen LogP contribution in [-0.4, -0.2) is 27.3 Å². The highest BCUT2D eigenvalue weighted by molar-refractivity contribution is 5.33. The van der Waals surface area contributed by atoms with Gasteiger partial charge in [0.25, 0.3) is 0 Å². The zero-order valence-electron chi connectivity index (χ0n) is 8.48. The van der Waals surface area contributed by atoms with Gasteiger partial charge in [-0.25, -0.2) is 8.78 Å². The second-order valence-electron chi connectivity index (χ2n) is 3.13. The molecule has 0 fully saturated rings. The van der Waals surface area contributed by atoms with E-state index in [1.807, 2.05) is 0 Å². The number of benzene rings is 1. The van der Waals surface area contributed by atoms with Crippen molar-refractivity contribution < 1.29 is 8.78 Å². The van der Waals surface area contributed by atoms with E-state index in [1.54, 1.807) is 7.05 Å². The third-order valence-electron chi connectivity index (χ3n) is 2.01. The molecule has 5 nitrogen and oxygen atoms in total. The van der Waals surface area contributed by atoms with Crippen molar-refractivity contribution in [3.05, 3.63) is 35.7 Å². The minimum atomic E-state index is -0.578. The maximum atomic E-state index is 13.4. The summed E-state index contributed by atoms with van der Waals surface area (Å²) in [5.74, 6) is -0.708. The smallest absolute Gasteiger partial charge is 0.170 e. The standard InChI is InChI=1S/C9H9F2N5/c1-12-5-9-13-14-15-16(9)8-4-6(10)2-3-7(8)11/h2-4,12H,5H2,1H3. The topological polar surface area (TPSA) is 55.6 Å². The van der Waals surface area contributed by atoms with Gasteiger partial charge in [0, 0.05) is 6.07 Å². The van der Waals surface area contributed by atoms with Crippen molar-refractivity contribution in [1.29, 1.82) is 0 Å². The van der Waals surface area contributed by atoms with E-state index in [1.165, 1.54) is 0 Å². The van der Waals surface area contributed by atoms with Gasteiger partial charge < -0.3 is 5.32 Å². The van der Waals surface area contributed by atoms with Gasteiger partial charge in [-0.2, -0.15) is 4.68 Å². The van der Waals surface area contributed by atoms with Crippen LogP contribution in [0.5, 0.6) is 0 Å². The van der Waals surface area contributed by atoms with E-state index in [-0.39, 0.29) is 5.69 Å². The molecule has 0 bridgehead atoms. The second-order valence-corrected chi connectivity index (χ2v) is 3.13. The predicted molar refractivity (Wildman–Crippen MR) is 51.8 cm³/mol. The summed E-state index contributed by atoms with van der Waals surface area (Å²) < 4.78 is 27.6. The van der Waals surface area contributed by atoms with Crippen LogP contribution in [-0.2, 0) is 6.54 Å². The van der Waals surface area contributed by atoms with Gasteiger partial charge in [-0.1, -0.05) is 0 Å². The van der Waals surface area contributed by atoms with Crippen LogP contribution in [0.2, 0.25) is 0 Å². The number of hydrogen-bond donors (Lipinski definition) is 1. The number of hydrogen-bond acceptors (Lipinski definition) is 4. The van der Waals surface area contributed by atoms with Crippen LogP contribution in [0.1, 0.15) is 5.82 Å². The number of tetrazole rings is 1. The fourth-order valence-corrected chi connectivity index (χ4v) is 1.31. The molecule has 2 rings (SSSR count). The Hall–Kier alpha value is -1.89. The SMILES string of the molecule is CNCc1nnnn1-c1cc(F)ccc1F. The Morgan fingerprint density at radius 2 is 2.19 bits per heavy atom. The van der Waals surface area contributed by atoms with Gasteiger partial charge in [0.1, 0.15) is 17.3 Å². The Balaban J connectivity index is 2.49. The molecular formula is C9H9F2N5. The van der Waals surface area contributed by atoms with Crippen LogP contribution >= 0.6 is 0 Å². The van der Waals surface area contributed by atoms with E-state index in [9.17, 15) is 8.78 Å². The minimum absolute atomic E-state index is 0.00440. The molecule has 1 heterocycles. The molecule has 1 N–H and O–H groups in total. The second kappa shape index (κ2) is 4.31. The maximum absolute atomic E-state index is 13.4. The lowest BCUT2D eigenvalue weighted by Crippen LogP contribution is -2.13. The van der Waals surface area contributed by atoms with Gasteiger partial charge in [0.05, 0.1) is 6.54 Å².